The number of pyridine rings is 1. The number of hydrogen-bond donors (Lipinski definition) is 1. The molecule has 0 atom stereocenters. The second-order valence-electron chi connectivity index (χ2n) is 4.82. The van der Waals surface area contributed by atoms with Gasteiger partial charge in [-0.05, 0) is 29.8 Å². The van der Waals surface area contributed by atoms with Crippen LogP contribution in [0.3, 0.4) is 0 Å². The summed E-state index contributed by atoms with van der Waals surface area (Å²) in [5, 5.41) is 1.07. The van der Waals surface area contributed by atoms with Crippen molar-refractivity contribution in [1.29, 1.82) is 0 Å². The Balaban J connectivity index is 1.83. The third-order valence-corrected chi connectivity index (χ3v) is 3.93. The number of aromatic amines is 1. The molecule has 0 saturated heterocycles. The van der Waals surface area contributed by atoms with Gasteiger partial charge in [0.1, 0.15) is 5.82 Å². The van der Waals surface area contributed by atoms with Crippen LogP contribution >= 0.6 is 15.9 Å². The number of anilines is 1. The molecule has 0 radical (unpaired) electrons. The molecule has 0 saturated carbocycles. The minimum absolute atomic E-state index is 0.0116. The topological polar surface area (TPSA) is 49.0 Å². The highest BCUT2D eigenvalue weighted by molar-refractivity contribution is 9.10. The third kappa shape index (κ3) is 2.83. The molecule has 21 heavy (non-hydrogen) atoms. The second kappa shape index (κ2) is 5.69. The zero-order chi connectivity index (χ0) is 14.8. The van der Waals surface area contributed by atoms with Gasteiger partial charge in [-0.25, -0.2) is 4.98 Å². The van der Waals surface area contributed by atoms with Gasteiger partial charge in [0.15, 0.2) is 0 Å². The molecule has 0 unspecified atom stereocenters. The van der Waals surface area contributed by atoms with E-state index in [1.54, 1.807) is 18.1 Å². The summed E-state index contributed by atoms with van der Waals surface area (Å²) >= 11 is 3.44. The summed E-state index contributed by atoms with van der Waals surface area (Å²) in [5.41, 5.74) is 2.01. The standard InChI is InChI=1S/C16H14BrN3O/c1-20(15-4-2-3-7-18-15)16(21)8-11-10-19-14-9-12(17)5-6-13(11)14/h2-7,9-10,19H,8H2,1H3. The van der Waals surface area contributed by atoms with Gasteiger partial charge in [-0.2, -0.15) is 0 Å². The van der Waals surface area contributed by atoms with Crippen molar-refractivity contribution in [3.63, 3.8) is 0 Å². The zero-order valence-corrected chi connectivity index (χ0v) is 13.1. The molecule has 3 rings (SSSR count). The first-order chi connectivity index (χ1) is 10.1. The number of likely N-dealkylation sites (N-methyl/N-ethyl adjacent to an activating group) is 1. The molecule has 2 heterocycles. The van der Waals surface area contributed by atoms with Crippen LogP contribution in [0.4, 0.5) is 5.82 Å². The van der Waals surface area contributed by atoms with Crippen molar-refractivity contribution >= 4 is 38.6 Å². The number of carbonyl (C=O) groups excluding carboxylic acids is 1. The normalized spacial score (nSPS) is 10.8. The molecule has 3 aromatic rings. The number of hydrogen-bond acceptors (Lipinski definition) is 2. The Labute approximate surface area is 130 Å². The smallest absolute Gasteiger partial charge is 0.232 e. The maximum absolute atomic E-state index is 12.4. The summed E-state index contributed by atoms with van der Waals surface area (Å²) in [7, 11) is 1.75. The maximum atomic E-state index is 12.4. The molecule has 2 aromatic heterocycles. The van der Waals surface area contributed by atoms with E-state index in [9.17, 15) is 4.79 Å². The van der Waals surface area contributed by atoms with E-state index in [1.807, 2.05) is 42.6 Å². The van der Waals surface area contributed by atoms with E-state index < -0.39 is 0 Å². The fourth-order valence-electron chi connectivity index (χ4n) is 2.27. The number of nitrogens with one attached hydrogen (secondary N) is 1. The lowest BCUT2D eigenvalue weighted by Crippen LogP contribution is -2.28. The number of benzene rings is 1. The number of amides is 1. The van der Waals surface area contributed by atoms with Crippen LogP contribution in [0.15, 0.2) is 53.3 Å². The first-order valence-electron chi connectivity index (χ1n) is 6.58. The maximum Gasteiger partial charge on any atom is 0.232 e. The molecule has 0 aliphatic rings. The van der Waals surface area contributed by atoms with Crippen molar-refractivity contribution in [3.8, 4) is 0 Å². The highest BCUT2D eigenvalue weighted by Crippen LogP contribution is 2.23. The number of halogens is 1. The molecule has 0 bridgehead atoms. The lowest BCUT2D eigenvalue weighted by Gasteiger charge is -2.15. The molecule has 106 valence electrons. The fraction of sp³-hybridized carbons (Fsp3) is 0.125. The molecule has 0 spiro atoms. The number of carbonyl (C=O) groups is 1. The van der Waals surface area contributed by atoms with Gasteiger partial charge in [0.05, 0.1) is 6.42 Å². The molecule has 1 amide bonds. The summed E-state index contributed by atoms with van der Waals surface area (Å²) in [6, 6.07) is 11.5. The van der Waals surface area contributed by atoms with Gasteiger partial charge in [0, 0.05) is 34.8 Å². The minimum atomic E-state index is 0.0116. The van der Waals surface area contributed by atoms with E-state index >= 15 is 0 Å². The van der Waals surface area contributed by atoms with Gasteiger partial charge in [-0.3, -0.25) is 9.69 Å². The van der Waals surface area contributed by atoms with Crippen molar-refractivity contribution < 1.29 is 4.79 Å². The SMILES string of the molecule is CN(C(=O)Cc1c[nH]c2cc(Br)ccc12)c1ccccn1. The van der Waals surface area contributed by atoms with Crippen LogP contribution in [0.5, 0.6) is 0 Å². The zero-order valence-electron chi connectivity index (χ0n) is 11.5. The van der Waals surface area contributed by atoms with E-state index in [4.69, 9.17) is 0 Å². The molecular formula is C16H14BrN3O. The lowest BCUT2D eigenvalue weighted by atomic mass is 10.1. The van der Waals surface area contributed by atoms with Gasteiger partial charge in [0.2, 0.25) is 5.91 Å². The van der Waals surface area contributed by atoms with Crippen molar-refractivity contribution in [2.45, 2.75) is 6.42 Å². The first-order valence-corrected chi connectivity index (χ1v) is 7.37. The van der Waals surface area contributed by atoms with E-state index in [2.05, 4.69) is 25.9 Å². The molecule has 1 aromatic carbocycles. The predicted octanol–water partition coefficient (Wildman–Crippen LogP) is 3.53. The van der Waals surface area contributed by atoms with Crippen LogP contribution in [-0.4, -0.2) is 22.9 Å². The third-order valence-electron chi connectivity index (χ3n) is 3.44. The van der Waals surface area contributed by atoms with Gasteiger partial charge in [0.25, 0.3) is 0 Å². The van der Waals surface area contributed by atoms with Crippen LogP contribution in [0.1, 0.15) is 5.56 Å². The van der Waals surface area contributed by atoms with Gasteiger partial charge < -0.3 is 4.98 Å². The predicted molar refractivity (Wildman–Crippen MR) is 87.3 cm³/mol. The summed E-state index contributed by atoms with van der Waals surface area (Å²) in [4.78, 5) is 21.4. The number of rotatable bonds is 3. The largest absolute Gasteiger partial charge is 0.361 e. The monoisotopic (exact) mass is 343 g/mol. The van der Waals surface area contributed by atoms with E-state index in [1.165, 1.54) is 0 Å². The Morgan fingerprint density at radius 1 is 1.33 bits per heavy atom. The first kappa shape index (κ1) is 13.8. The number of aromatic nitrogens is 2. The van der Waals surface area contributed by atoms with Gasteiger partial charge in [-0.15, -0.1) is 0 Å². The van der Waals surface area contributed by atoms with Crippen LogP contribution < -0.4 is 4.90 Å². The number of nitrogens with zero attached hydrogens (tertiary/aromatic N) is 2. The van der Waals surface area contributed by atoms with E-state index in [-0.39, 0.29) is 5.91 Å². The Kier molecular flexibility index (Phi) is 3.75. The average Bonchev–Trinajstić information content (AvgIpc) is 2.89. The molecule has 0 fully saturated rings. The minimum Gasteiger partial charge on any atom is -0.361 e. The second-order valence-corrected chi connectivity index (χ2v) is 5.74. The highest BCUT2D eigenvalue weighted by Gasteiger charge is 2.14. The molecule has 1 N–H and O–H groups in total. The highest BCUT2D eigenvalue weighted by atomic mass is 79.9. The fourth-order valence-corrected chi connectivity index (χ4v) is 2.63. The molecule has 4 nitrogen and oxygen atoms in total. The Morgan fingerprint density at radius 3 is 2.95 bits per heavy atom. The van der Waals surface area contributed by atoms with Gasteiger partial charge >= 0.3 is 0 Å². The summed E-state index contributed by atoms with van der Waals surface area (Å²) < 4.78 is 1.01. The van der Waals surface area contributed by atoms with Crippen molar-refractivity contribution in [3.05, 3.63) is 58.8 Å². The number of H-pyrrole nitrogens is 1. The van der Waals surface area contributed by atoms with Crippen molar-refractivity contribution in [1.82, 2.24) is 9.97 Å². The quantitative estimate of drug-likeness (QED) is 0.790. The van der Waals surface area contributed by atoms with Crippen LogP contribution in [-0.2, 0) is 11.2 Å². The van der Waals surface area contributed by atoms with Crippen LogP contribution in [0, 0.1) is 0 Å². The van der Waals surface area contributed by atoms with Crippen LogP contribution in [0.25, 0.3) is 10.9 Å². The Morgan fingerprint density at radius 2 is 2.19 bits per heavy atom. The summed E-state index contributed by atoms with van der Waals surface area (Å²) in [6.07, 6.45) is 3.91. The van der Waals surface area contributed by atoms with Crippen molar-refractivity contribution in [2.75, 3.05) is 11.9 Å². The van der Waals surface area contributed by atoms with Crippen LogP contribution in [0.2, 0.25) is 0 Å². The van der Waals surface area contributed by atoms with E-state index in [0.29, 0.717) is 12.2 Å². The molecule has 5 heteroatoms. The van der Waals surface area contributed by atoms with Crippen molar-refractivity contribution in [2.24, 2.45) is 0 Å². The Bertz CT molecular complexity index is 783. The molecule has 0 aliphatic heterocycles. The molecular weight excluding hydrogens is 330 g/mol. The van der Waals surface area contributed by atoms with Gasteiger partial charge in [-0.1, -0.05) is 28.1 Å². The van der Waals surface area contributed by atoms with E-state index in [0.717, 1.165) is 20.9 Å². The lowest BCUT2D eigenvalue weighted by molar-refractivity contribution is -0.117. The summed E-state index contributed by atoms with van der Waals surface area (Å²) in [5.74, 6) is 0.669. The Hall–Kier alpha value is -2.14. The number of fused-ring (bicyclic) bond motifs is 1. The average molecular weight is 344 g/mol. The summed E-state index contributed by atoms with van der Waals surface area (Å²) in [6.45, 7) is 0. The molecule has 0 aliphatic carbocycles.